The van der Waals surface area contributed by atoms with Crippen LogP contribution in [0.5, 0.6) is 6.01 Å². The van der Waals surface area contributed by atoms with Crippen molar-refractivity contribution in [3.8, 4) is 6.01 Å². The maximum Gasteiger partial charge on any atom is 0.323 e. The van der Waals surface area contributed by atoms with E-state index < -0.39 is 5.82 Å². The molecule has 21 heavy (non-hydrogen) atoms. The van der Waals surface area contributed by atoms with E-state index in [4.69, 9.17) is 16.3 Å². The van der Waals surface area contributed by atoms with Crippen LogP contribution in [0, 0.1) is 5.82 Å². The second kappa shape index (κ2) is 6.86. The number of halogens is 3. The zero-order valence-corrected chi connectivity index (χ0v) is 13.6. The summed E-state index contributed by atoms with van der Waals surface area (Å²) >= 11 is 9.24. The van der Waals surface area contributed by atoms with Crippen LogP contribution in [0.2, 0.25) is 5.02 Å². The lowest BCUT2D eigenvalue weighted by Crippen LogP contribution is -2.07. The molecule has 0 unspecified atom stereocenters. The van der Waals surface area contributed by atoms with Crippen LogP contribution in [0.15, 0.2) is 16.6 Å². The highest BCUT2D eigenvalue weighted by atomic mass is 79.9. The summed E-state index contributed by atoms with van der Waals surface area (Å²) < 4.78 is 18.9. The standard InChI is InChI=1S/C12H12BrClFN5O/c1-3-21-12-19-10(16-2)18-11(20-12)17-9-7(13)4-6(15)5-8(9)14/h4-5H,3H2,1-2H3,(H2,16,17,18,19,20). The van der Waals surface area contributed by atoms with E-state index in [-0.39, 0.29) is 17.0 Å². The van der Waals surface area contributed by atoms with E-state index in [0.717, 1.165) is 0 Å². The number of ether oxygens (including phenoxy) is 1. The van der Waals surface area contributed by atoms with Crippen molar-refractivity contribution in [1.29, 1.82) is 0 Å². The molecule has 6 nitrogen and oxygen atoms in total. The normalized spacial score (nSPS) is 10.3. The van der Waals surface area contributed by atoms with Crippen LogP contribution in [0.4, 0.5) is 22.0 Å². The number of nitrogens with zero attached hydrogens (tertiary/aromatic N) is 3. The van der Waals surface area contributed by atoms with Gasteiger partial charge in [0.1, 0.15) is 5.82 Å². The van der Waals surface area contributed by atoms with Gasteiger partial charge in [0.05, 0.1) is 17.3 Å². The summed E-state index contributed by atoms with van der Waals surface area (Å²) in [5.74, 6) is 0.122. The Morgan fingerprint density at radius 3 is 2.62 bits per heavy atom. The van der Waals surface area contributed by atoms with Gasteiger partial charge in [-0.15, -0.1) is 0 Å². The van der Waals surface area contributed by atoms with E-state index in [1.807, 2.05) is 6.92 Å². The van der Waals surface area contributed by atoms with E-state index in [1.165, 1.54) is 12.1 Å². The Kier molecular flexibility index (Phi) is 5.13. The smallest absolute Gasteiger partial charge is 0.323 e. The van der Waals surface area contributed by atoms with Crippen LogP contribution in [0.25, 0.3) is 0 Å². The van der Waals surface area contributed by atoms with Gasteiger partial charge in [-0.2, -0.15) is 15.0 Å². The summed E-state index contributed by atoms with van der Waals surface area (Å²) in [6.07, 6.45) is 0. The Labute approximate surface area is 134 Å². The van der Waals surface area contributed by atoms with Crippen molar-refractivity contribution in [2.75, 3.05) is 24.3 Å². The van der Waals surface area contributed by atoms with Crippen LogP contribution >= 0.6 is 27.5 Å². The lowest BCUT2D eigenvalue weighted by molar-refractivity contribution is 0.312. The lowest BCUT2D eigenvalue weighted by Gasteiger charge is -2.11. The number of rotatable bonds is 5. The molecule has 112 valence electrons. The van der Waals surface area contributed by atoms with Crippen LogP contribution in [0.3, 0.4) is 0 Å². The van der Waals surface area contributed by atoms with Crippen molar-refractivity contribution < 1.29 is 9.13 Å². The van der Waals surface area contributed by atoms with Crippen LogP contribution < -0.4 is 15.4 Å². The highest BCUT2D eigenvalue weighted by molar-refractivity contribution is 9.10. The third kappa shape index (κ3) is 3.92. The van der Waals surface area contributed by atoms with Crippen molar-refractivity contribution >= 4 is 45.1 Å². The Morgan fingerprint density at radius 1 is 1.29 bits per heavy atom. The topological polar surface area (TPSA) is 72.0 Å². The van der Waals surface area contributed by atoms with E-state index in [1.54, 1.807) is 7.05 Å². The first kappa shape index (κ1) is 15.7. The molecule has 0 aliphatic carbocycles. The molecule has 0 radical (unpaired) electrons. The molecule has 1 aromatic carbocycles. The zero-order chi connectivity index (χ0) is 15.4. The first-order valence-corrected chi connectivity index (χ1v) is 7.18. The summed E-state index contributed by atoms with van der Waals surface area (Å²) in [4.78, 5) is 12.3. The van der Waals surface area contributed by atoms with Crippen LogP contribution in [-0.4, -0.2) is 28.6 Å². The van der Waals surface area contributed by atoms with Crippen molar-refractivity contribution in [3.05, 3.63) is 27.4 Å². The minimum Gasteiger partial charge on any atom is -0.464 e. The number of aromatic nitrogens is 3. The van der Waals surface area contributed by atoms with Gasteiger partial charge in [-0.3, -0.25) is 0 Å². The molecule has 9 heteroatoms. The van der Waals surface area contributed by atoms with Crippen molar-refractivity contribution in [1.82, 2.24) is 15.0 Å². The maximum absolute atomic E-state index is 13.2. The highest BCUT2D eigenvalue weighted by Gasteiger charge is 2.12. The van der Waals surface area contributed by atoms with E-state index in [0.29, 0.717) is 22.7 Å². The number of hydrogen-bond donors (Lipinski definition) is 2. The molecule has 2 rings (SSSR count). The molecular formula is C12H12BrClFN5O. The summed E-state index contributed by atoms with van der Waals surface area (Å²) in [6, 6.07) is 2.66. The van der Waals surface area contributed by atoms with Crippen molar-refractivity contribution in [2.24, 2.45) is 0 Å². The molecule has 0 aliphatic rings. The van der Waals surface area contributed by atoms with Gasteiger partial charge in [-0.05, 0) is 35.0 Å². The number of anilines is 3. The third-order valence-electron chi connectivity index (χ3n) is 2.36. The summed E-state index contributed by atoms with van der Waals surface area (Å²) in [5, 5.41) is 5.92. The molecule has 0 saturated carbocycles. The van der Waals surface area contributed by atoms with Crippen molar-refractivity contribution in [2.45, 2.75) is 6.92 Å². The molecular weight excluding hydrogens is 365 g/mol. The summed E-state index contributed by atoms with van der Waals surface area (Å²) in [7, 11) is 1.68. The molecule has 1 aromatic heterocycles. The van der Waals surface area contributed by atoms with Gasteiger partial charge in [0.15, 0.2) is 0 Å². The second-order valence-electron chi connectivity index (χ2n) is 3.82. The first-order chi connectivity index (χ1) is 10.0. The molecule has 0 spiro atoms. The number of hydrogen-bond acceptors (Lipinski definition) is 6. The van der Waals surface area contributed by atoms with E-state index >= 15 is 0 Å². The van der Waals surface area contributed by atoms with Crippen LogP contribution in [0.1, 0.15) is 6.92 Å². The summed E-state index contributed by atoms with van der Waals surface area (Å²) in [6.45, 7) is 2.25. The number of nitrogens with one attached hydrogen (secondary N) is 2. The molecule has 0 bridgehead atoms. The van der Waals surface area contributed by atoms with Gasteiger partial charge in [-0.1, -0.05) is 11.6 Å². The zero-order valence-electron chi connectivity index (χ0n) is 11.2. The largest absolute Gasteiger partial charge is 0.464 e. The molecule has 0 fully saturated rings. The minimum atomic E-state index is -0.445. The molecule has 0 atom stereocenters. The van der Waals surface area contributed by atoms with Gasteiger partial charge < -0.3 is 15.4 Å². The van der Waals surface area contributed by atoms with Crippen LogP contribution in [-0.2, 0) is 0 Å². The van der Waals surface area contributed by atoms with Gasteiger partial charge in [-0.25, -0.2) is 4.39 Å². The quantitative estimate of drug-likeness (QED) is 0.830. The highest BCUT2D eigenvalue weighted by Crippen LogP contribution is 2.33. The van der Waals surface area contributed by atoms with Gasteiger partial charge in [0, 0.05) is 11.5 Å². The predicted octanol–water partition coefficient (Wildman–Crippen LogP) is 3.61. The lowest BCUT2D eigenvalue weighted by atomic mass is 10.3. The Hall–Kier alpha value is -1.67. The molecule has 0 amide bonds. The molecule has 0 saturated heterocycles. The monoisotopic (exact) mass is 375 g/mol. The van der Waals surface area contributed by atoms with Gasteiger partial charge in [0.2, 0.25) is 11.9 Å². The molecule has 2 N–H and O–H groups in total. The Morgan fingerprint density at radius 2 is 2.00 bits per heavy atom. The van der Waals surface area contributed by atoms with E-state index in [9.17, 15) is 4.39 Å². The average Bonchev–Trinajstić information content (AvgIpc) is 2.43. The SMILES string of the molecule is CCOc1nc(NC)nc(Nc2c(Cl)cc(F)cc2Br)n1. The van der Waals surface area contributed by atoms with Gasteiger partial charge in [0.25, 0.3) is 0 Å². The summed E-state index contributed by atoms with van der Waals surface area (Å²) in [5.41, 5.74) is 0.453. The fourth-order valence-corrected chi connectivity index (χ4v) is 2.39. The third-order valence-corrected chi connectivity index (χ3v) is 3.28. The molecule has 0 aliphatic heterocycles. The van der Waals surface area contributed by atoms with Crippen molar-refractivity contribution in [3.63, 3.8) is 0 Å². The molecule has 2 aromatic rings. The maximum atomic E-state index is 13.2. The predicted molar refractivity (Wildman–Crippen MR) is 82.9 cm³/mol. The Balaban J connectivity index is 2.37. The van der Waals surface area contributed by atoms with Gasteiger partial charge >= 0.3 is 6.01 Å². The van der Waals surface area contributed by atoms with E-state index in [2.05, 4.69) is 41.5 Å². The fourth-order valence-electron chi connectivity index (χ4n) is 1.49. The average molecular weight is 377 g/mol. The minimum absolute atomic E-state index is 0.175. The fraction of sp³-hybridized carbons (Fsp3) is 0.250. The Bertz CT molecular complexity index is 635. The molecule has 1 heterocycles. The second-order valence-corrected chi connectivity index (χ2v) is 5.08. The number of benzene rings is 1. The first-order valence-electron chi connectivity index (χ1n) is 6.01.